The summed E-state index contributed by atoms with van der Waals surface area (Å²) in [5.41, 5.74) is 0.618. The summed E-state index contributed by atoms with van der Waals surface area (Å²) in [6, 6.07) is 11.0. The first-order valence-corrected chi connectivity index (χ1v) is 7.67. The first kappa shape index (κ1) is 16.6. The molecule has 0 aliphatic rings. The van der Waals surface area contributed by atoms with Gasteiger partial charge in [-0.25, -0.2) is 9.18 Å². The molecule has 0 fully saturated rings. The van der Waals surface area contributed by atoms with Gasteiger partial charge in [-0.2, -0.15) is 9.78 Å². The zero-order valence-corrected chi connectivity index (χ0v) is 13.4. The van der Waals surface area contributed by atoms with Crippen molar-refractivity contribution < 1.29 is 23.5 Å². The molecule has 0 amide bonds. The summed E-state index contributed by atoms with van der Waals surface area (Å²) in [5.74, 6) is -0.717. The minimum atomic E-state index is -0.707. The van der Waals surface area contributed by atoms with Gasteiger partial charge in [-0.15, -0.1) is 0 Å². The zero-order chi connectivity index (χ0) is 17.8. The first-order valence-electron chi connectivity index (χ1n) is 7.67. The van der Waals surface area contributed by atoms with Gasteiger partial charge in [0.15, 0.2) is 0 Å². The predicted molar refractivity (Wildman–Crippen MR) is 87.9 cm³/mol. The Kier molecular flexibility index (Phi) is 4.74. The molecular weight excluding hydrogens is 327 g/mol. The standard InChI is InChI=1S/C18H15FN2O4/c1-2-24-18(23)21-16-10-13(19)8-12(15(16)11-20-21)9-17(22)25-14-6-4-3-5-7-14/h3-8,10-11H,2,9H2,1H3. The van der Waals surface area contributed by atoms with E-state index in [0.717, 1.165) is 4.68 Å². The number of benzene rings is 2. The fourth-order valence-corrected chi connectivity index (χ4v) is 2.45. The highest BCUT2D eigenvalue weighted by Gasteiger charge is 2.17. The number of fused-ring (bicyclic) bond motifs is 1. The number of hydrogen-bond acceptors (Lipinski definition) is 5. The third-order valence-corrected chi connectivity index (χ3v) is 3.49. The molecule has 0 saturated carbocycles. The van der Waals surface area contributed by atoms with Crippen LogP contribution in [0.2, 0.25) is 0 Å². The normalized spacial score (nSPS) is 10.6. The third kappa shape index (κ3) is 3.65. The van der Waals surface area contributed by atoms with Crippen LogP contribution < -0.4 is 4.74 Å². The van der Waals surface area contributed by atoms with E-state index < -0.39 is 17.9 Å². The van der Waals surface area contributed by atoms with E-state index in [1.165, 1.54) is 18.3 Å². The molecule has 0 aliphatic carbocycles. The quantitative estimate of drug-likeness (QED) is 0.537. The Hall–Kier alpha value is -3.22. The highest BCUT2D eigenvalue weighted by molar-refractivity contribution is 5.92. The fraction of sp³-hybridized carbons (Fsp3) is 0.167. The summed E-state index contributed by atoms with van der Waals surface area (Å²) >= 11 is 0. The first-order chi connectivity index (χ1) is 12.1. The Bertz CT molecular complexity index is 921. The highest BCUT2D eigenvalue weighted by Crippen LogP contribution is 2.22. The minimum absolute atomic E-state index is 0.155. The predicted octanol–water partition coefficient (Wildman–Crippen LogP) is 3.33. The van der Waals surface area contributed by atoms with Crippen molar-refractivity contribution in [2.24, 2.45) is 0 Å². The van der Waals surface area contributed by atoms with Crippen LogP contribution in [0.5, 0.6) is 5.75 Å². The molecule has 3 rings (SSSR count). The van der Waals surface area contributed by atoms with E-state index in [9.17, 15) is 14.0 Å². The molecule has 6 nitrogen and oxygen atoms in total. The van der Waals surface area contributed by atoms with Crippen LogP contribution in [0.25, 0.3) is 10.9 Å². The molecule has 0 bridgehead atoms. The smallest absolute Gasteiger partial charge is 0.435 e. The Balaban J connectivity index is 1.88. The van der Waals surface area contributed by atoms with Gasteiger partial charge in [0.2, 0.25) is 0 Å². The number of aromatic nitrogens is 2. The maximum Gasteiger partial charge on any atom is 0.435 e. The molecule has 0 spiro atoms. The van der Waals surface area contributed by atoms with Crippen molar-refractivity contribution in [1.29, 1.82) is 0 Å². The number of carbonyl (C=O) groups excluding carboxylic acids is 2. The topological polar surface area (TPSA) is 70.4 Å². The van der Waals surface area contributed by atoms with Crippen molar-refractivity contribution in [1.82, 2.24) is 9.78 Å². The molecule has 7 heteroatoms. The molecule has 0 radical (unpaired) electrons. The number of esters is 1. The van der Waals surface area contributed by atoms with Crippen molar-refractivity contribution in [3.63, 3.8) is 0 Å². The highest BCUT2D eigenvalue weighted by atomic mass is 19.1. The molecule has 0 atom stereocenters. The lowest BCUT2D eigenvalue weighted by Crippen LogP contribution is -2.15. The lowest BCUT2D eigenvalue weighted by Gasteiger charge is -2.06. The van der Waals surface area contributed by atoms with Crippen LogP contribution in [-0.2, 0) is 16.0 Å². The van der Waals surface area contributed by atoms with E-state index in [4.69, 9.17) is 9.47 Å². The number of para-hydroxylation sites is 1. The summed E-state index contributed by atoms with van der Waals surface area (Å²) < 4.78 is 25.0. The van der Waals surface area contributed by atoms with Gasteiger partial charge in [0.05, 0.1) is 24.7 Å². The number of nitrogens with zero attached hydrogens (tertiary/aromatic N) is 2. The maximum absolute atomic E-state index is 13.9. The Morgan fingerprint density at radius 1 is 1.20 bits per heavy atom. The fourth-order valence-electron chi connectivity index (χ4n) is 2.45. The van der Waals surface area contributed by atoms with Crippen LogP contribution in [0.1, 0.15) is 12.5 Å². The van der Waals surface area contributed by atoms with Crippen LogP contribution in [0.3, 0.4) is 0 Å². The molecular formula is C18H15FN2O4. The Labute approximate surface area is 142 Å². The van der Waals surface area contributed by atoms with Crippen LogP contribution in [0.15, 0.2) is 48.7 Å². The van der Waals surface area contributed by atoms with Crippen LogP contribution in [-0.4, -0.2) is 28.4 Å². The van der Waals surface area contributed by atoms with Gasteiger partial charge in [-0.3, -0.25) is 4.79 Å². The second-order valence-electron chi connectivity index (χ2n) is 5.22. The molecule has 1 heterocycles. The van der Waals surface area contributed by atoms with Gasteiger partial charge in [-0.05, 0) is 30.7 Å². The van der Waals surface area contributed by atoms with Gasteiger partial charge < -0.3 is 9.47 Å². The van der Waals surface area contributed by atoms with Crippen molar-refractivity contribution in [3.8, 4) is 5.75 Å². The maximum atomic E-state index is 13.9. The number of rotatable bonds is 4. The minimum Gasteiger partial charge on any atom is -0.448 e. The molecule has 0 saturated heterocycles. The lowest BCUT2D eigenvalue weighted by molar-refractivity contribution is -0.133. The summed E-state index contributed by atoms with van der Waals surface area (Å²) in [4.78, 5) is 24.0. The van der Waals surface area contributed by atoms with Gasteiger partial charge in [0.1, 0.15) is 11.6 Å². The number of ether oxygens (including phenoxy) is 2. The number of halogens is 1. The SMILES string of the molecule is CCOC(=O)n1ncc2c(CC(=O)Oc3ccccc3)cc(F)cc21. The van der Waals surface area contributed by atoms with Crippen LogP contribution in [0, 0.1) is 5.82 Å². The second kappa shape index (κ2) is 7.12. The number of carbonyl (C=O) groups is 2. The summed E-state index contributed by atoms with van der Waals surface area (Å²) in [6.07, 6.45) is 0.537. The van der Waals surface area contributed by atoms with Crippen molar-refractivity contribution in [2.75, 3.05) is 6.61 Å². The Morgan fingerprint density at radius 3 is 2.68 bits per heavy atom. The second-order valence-corrected chi connectivity index (χ2v) is 5.22. The van der Waals surface area contributed by atoms with E-state index in [1.54, 1.807) is 37.3 Å². The van der Waals surface area contributed by atoms with E-state index in [0.29, 0.717) is 16.7 Å². The summed E-state index contributed by atoms with van der Waals surface area (Å²) in [5, 5.41) is 4.42. The third-order valence-electron chi connectivity index (χ3n) is 3.49. The molecule has 0 N–H and O–H groups in total. The molecule has 3 aromatic rings. The molecule has 2 aromatic carbocycles. The molecule has 128 valence electrons. The van der Waals surface area contributed by atoms with Crippen LogP contribution >= 0.6 is 0 Å². The molecule has 1 aromatic heterocycles. The zero-order valence-electron chi connectivity index (χ0n) is 13.4. The van der Waals surface area contributed by atoms with E-state index in [1.807, 2.05) is 0 Å². The summed E-state index contributed by atoms with van der Waals surface area (Å²) in [7, 11) is 0. The average Bonchev–Trinajstić information content (AvgIpc) is 3.00. The molecule has 0 aliphatic heterocycles. The van der Waals surface area contributed by atoms with Crippen molar-refractivity contribution in [2.45, 2.75) is 13.3 Å². The Morgan fingerprint density at radius 2 is 1.96 bits per heavy atom. The largest absolute Gasteiger partial charge is 0.448 e. The van der Waals surface area contributed by atoms with Gasteiger partial charge in [-0.1, -0.05) is 18.2 Å². The monoisotopic (exact) mass is 342 g/mol. The van der Waals surface area contributed by atoms with Gasteiger partial charge in [0, 0.05) is 11.5 Å². The van der Waals surface area contributed by atoms with Crippen LogP contribution in [0.4, 0.5) is 9.18 Å². The van der Waals surface area contributed by atoms with Crippen molar-refractivity contribution >= 4 is 23.0 Å². The van der Waals surface area contributed by atoms with E-state index in [2.05, 4.69) is 5.10 Å². The van der Waals surface area contributed by atoms with E-state index >= 15 is 0 Å². The number of hydrogen-bond donors (Lipinski definition) is 0. The van der Waals surface area contributed by atoms with Gasteiger partial charge in [0.25, 0.3) is 0 Å². The van der Waals surface area contributed by atoms with Crippen molar-refractivity contribution in [3.05, 3.63) is 60.0 Å². The van der Waals surface area contributed by atoms with Gasteiger partial charge >= 0.3 is 12.1 Å². The van der Waals surface area contributed by atoms with E-state index in [-0.39, 0.29) is 18.5 Å². The lowest BCUT2D eigenvalue weighted by atomic mass is 10.1. The summed E-state index contributed by atoms with van der Waals surface area (Å²) in [6.45, 7) is 1.83. The molecule has 25 heavy (non-hydrogen) atoms. The average molecular weight is 342 g/mol. The molecule has 0 unspecified atom stereocenters.